The van der Waals surface area contributed by atoms with Gasteiger partial charge in [0.25, 0.3) is 5.56 Å². The lowest BCUT2D eigenvalue weighted by Gasteiger charge is -2.22. The number of hydrogen-bond donors (Lipinski definition) is 7. The lowest BCUT2D eigenvalue weighted by molar-refractivity contribution is -0.143. The minimum atomic E-state index is -5.81. The van der Waals surface area contributed by atoms with Gasteiger partial charge in [0.1, 0.15) is 35.2 Å². The molecule has 0 saturated carbocycles. The van der Waals surface area contributed by atoms with Crippen molar-refractivity contribution in [3.63, 3.8) is 0 Å². The number of benzene rings is 3. The number of H-pyrrole nitrogens is 1. The van der Waals surface area contributed by atoms with E-state index in [2.05, 4.69) is 37.7 Å². The Morgan fingerprint density at radius 1 is 0.889 bits per heavy atom. The van der Waals surface area contributed by atoms with E-state index < -0.39 is 87.2 Å². The third-order valence-corrected chi connectivity index (χ3v) is 23.4. The smallest absolute Gasteiger partial charge is 0.478 e. The van der Waals surface area contributed by atoms with Gasteiger partial charge in [0, 0.05) is 84.1 Å². The van der Waals surface area contributed by atoms with Crippen LogP contribution in [0.2, 0.25) is 0 Å². The van der Waals surface area contributed by atoms with Gasteiger partial charge in [0.15, 0.2) is 5.78 Å². The number of carboxylic acids is 1. The Morgan fingerprint density at radius 3 is 2.34 bits per heavy atom. The van der Waals surface area contributed by atoms with E-state index in [0.29, 0.717) is 84.2 Å². The van der Waals surface area contributed by atoms with Crippen molar-refractivity contribution in [1.82, 2.24) is 14.9 Å². The predicted octanol–water partition coefficient (Wildman–Crippen LogP) is 9.80. The molecule has 546 valence electrons. The van der Waals surface area contributed by atoms with Crippen LogP contribution in [0.15, 0.2) is 73.7 Å². The van der Waals surface area contributed by atoms with E-state index in [0.717, 1.165) is 45.5 Å². The zero-order valence-electron chi connectivity index (χ0n) is 55.8. The zero-order chi connectivity index (χ0) is 72.5. The number of Topliss-reactive ketones (excluding diaryl/α,β-unsaturated/α-hetero) is 1. The van der Waals surface area contributed by atoms with Crippen LogP contribution in [0.4, 0.5) is 4.79 Å². The SMILES string of the molecule is CCCc1cc2oc3cc(=NC(C)C)ccc-3c(-c3cc(C(=O)CCCOCCOCCNC(=O)OCCC(C)(C)SSCOCCCCOC(=O)CCC#Cc4cn([C@H]5C[C@H](OCS(=S)CC)[C@@H](COP(=O)(O)OP(=O)(O)OP(=O)(O)O)O5)c(=O)[nH]c4=O)ccc3C(=O)O)c2cc1C. The molecule has 2 aliphatic heterocycles. The molecule has 1 saturated heterocycles. The number of amides is 1. The highest BCUT2D eigenvalue weighted by Crippen LogP contribution is 2.66. The van der Waals surface area contributed by atoms with Crippen molar-refractivity contribution in [3.8, 4) is 34.3 Å². The van der Waals surface area contributed by atoms with E-state index in [9.17, 15) is 57.4 Å². The number of nitrogens with zero attached hydrogens (tertiary/aromatic N) is 2. The first kappa shape index (κ1) is 82.7. The fourth-order valence-corrected chi connectivity index (χ4v) is 15.7. The second-order valence-electron chi connectivity index (χ2n) is 23.3. The van der Waals surface area contributed by atoms with Gasteiger partial charge in [-0.05, 0) is 137 Å². The van der Waals surface area contributed by atoms with Crippen molar-refractivity contribution < 1.29 is 108 Å². The topological polar surface area (TPSA) is 405 Å². The Morgan fingerprint density at radius 2 is 1.63 bits per heavy atom. The Labute approximate surface area is 587 Å². The highest BCUT2D eigenvalue weighted by atomic mass is 33.1. The van der Waals surface area contributed by atoms with Crippen molar-refractivity contribution in [2.24, 2.45) is 4.99 Å². The first-order valence-corrected chi connectivity index (χ1v) is 41.0. The lowest BCUT2D eigenvalue weighted by atomic mass is 9.87. The van der Waals surface area contributed by atoms with E-state index in [1.807, 2.05) is 71.9 Å². The number of esters is 1. The van der Waals surface area contributed by atoms with Gasteiger partial charge in [-0.3, -0.25) is 33.5 Å². The molecule has 2 aromatic carbocycles. The van der Waals surface area contributed by atoms with Crippen LogP contribution in [0, 0.1) is 18.8 Å². The molecule has 36 heteroatoms. The van der Waals surface area contributed by atoms with Gasteiger partial charge >= 0.3 is 47.2 Å². The van der Waals surface area contributed by atoms with Gasteiger partial charge in [0.2, 0.25) is 0 Å². The molecule has 1 aromatic heterocycles. The number of phosphoric acid groups is 3. The average Bonchev–Trinajstić information content (AvgIpc) is 0.941. The van der Waals surface area contributed by atoms with E-state index in [-0.39, 0.29) is 98.9 Å². The van der Waals surface area contributed by atoms with Crippen molar-refractivity contribution in [1.29, 1.82) is 0 Å². The molecule has 1 amide bonds. The number of phosphoric ester groups is 1. The number of rotatable bonds is 42. The second-order valence-corrected chi connectivity index (χ2v) is 33.7. The number of unbranched alkanes of at least 4 members (excludes halogenated alkanes) is 1. The summed E-state index contributed by atoms with van der Waals surface area (Å²) < 4.78 is 94.1. The standard InChI is InChI=1S/C63H85N4O25P3S4/c1-8-15-43-34-52-50(32-42(43)5)58(48-22-20-46(65-41(3)4)35-53(48)89-52)49-33-44(19-21-47(49)60(71)72)51(68)17-14-26-82-30-31-83-29-24-64-62(74)86-28-23-63(6,7)98-97-39-84-25-12-13-27-85-57(69)18-11-10-16-45-37-67(61(73)66-59(45)70)56-36-54(87-40-99(96)9-2)55(90-56)38-88-94(78,79)92-95(80,81)91-93(75,76)77/h19-22,32-35,37,41,54-56H,8-9,11-15,17-18,23-31,36,38-40H2,1-7H3,(H,64,74)(H,71,72)(H,78,79)(H,80,81)(H,66,70,73)(H2,75,76,77)/t54-,55+,56+,99?/m0/s1. The summed E-state index contributed by atoms with van der Waals surface area (Å²) in [6.45, 7) is 15.2. The molecule has 99 heavy (non-hydrogen) atoms. The van der Waals surface area contributed by atoms with E-state index in [1.165, 1.54) is 16.9 Å². The zero-order valence-corrected chi connectivity index (χ0v) is 61.8. The summed E-state index contributed by atoms with van der Waals surface area (Å²) >= 11 is 5.32. The number of carboxylic acid groups (broad SMARTS) is 1. The fraction of sp³-hybridized carbons (Fsp3) is 0.540. The van der Waals surface area contributed by atoms with Crippen LogP contribution < -0.4 is 21.9 Å². The maximum atomic E-state index is 13.6. The quantitative estimate of drug-likeness (QED) is 0.00279. The molecule has 0 bridgehead atoms. The van der Waals surface area contributed by atoms with Crippen molar-refractivity contribution in [2.45, 2.75) is 142 Å². The summed E-state index contributed by atoms with van der Waals surface area (Å²) in [4.78, 5) is 121. The number of aromatic carboxylic acids is 1. The monoisotopic (exact) mass is 1520 g/mol. The lowest BCUT2D eigenvalue weighted by Crippen LogP contribution is -2.33. The molecule has 3 heterocycles. The molecule has 29 nitrogen and oxygen atoms in total. The number of carbonyl (C=O) groups is 4. The molecular weight excluding hydrogens is 1430 g/mol. The Hall–Kier alpha value is -5.27. The highest BCUT2D eigenvalue weighted by molar-refractivity contribution is 8.77. The predicted molar refractivity (Wildman–Crippen MR) is 375 cm³/mol. The molecule has 3 aromatic rings. The van der Waals surface area contributed by atoms with E-state index in [4.69, 9.17) is 68.1 Å². The number of ketones is 1. The molecule has 6 atom stereocenters. The van der Waals surface area contributed by atoms with E-state index >= 15 is 0 Å². The largest absolute Gasteiger partial charge is 0.490 e. The maximum absolute atomic E-state index is 13.6. The number of alkyl carbamates (subject to hydrolysis) is 1. The van der Waals surface area contributed by atoms with Crippen LogP contribution in [-0.4, -0.2) is 158 Å². The van der Waals surface area contributed by atoms with Crippen molar-refractivity contribution in [2.75, 3.05) is 77.0 Å². The van der Waals surface area contributed by atoms with Gasteiger partial charge in [-0.1, -0.05) is 69.2 Å². The Bertz CT molecular complexity index is 4000. The number of aromatic amines is 1. The molecule has 3 aliphatic rings. The molecule has 1 aliphatic carbocycles. The van der Waals surface area contributed by atoms with Crippen LogP contribution in [0.1, 0.15) is 143 Å². The van der Waals surface area contributed by atoms with Crippen LogP contribution in [0.5, 0.6) is 0 Å². The van der Waals surface area contributed by atoms with Gasteiger partial charge in [-0.25, -0.2) is 28.1 Å². The summed E-state index contributed by atoms with van der Waals surface area (Å²) in [5.41, 5.74) is 3.13. The van der Waals surface area contributed by atoms with Crippen LogP contribution >= 0.6 is 45.1 Å². The Kier molecular flexibility index (Phi) is 33.4. The number of nitrogens with one attached hydrogen (secondary N) is 2. The van der Waals surface area contributed by atoms with Crippen molar-refractivity contribution >= 4 is 100 Å². The molecule has 7 N–H and O–H groups in total. The molecule has 0 spiro atoms. The number of ether oxygens (including phenoxy) is 7. The summed E-state index contributed by atoms with van der Waals surface area (Å²) in [6, 6.07) is 14.5. The average molecular weight is 1520 g/mol. The molecule has 3 unspecified atom stereocenters. The number of hydrogen-bond acceptors (Lipinski definition) is 24. The third kappa shape index (κ3) is 28.1. The van der Waals surface area contributed by atoms with Gasteiger partial charge in [-0.15, -0.1) is 0 Å². The first-order chi connectivity index (χ1) is 46.9. The molecule has 6 rings (SSSR count). The summed E-state index contributed by atoms with van der Waals surface area (Å²) in [7, 11) is -14.5. The van der Waals surface area contributed by atoms with E-state index in [1.54, 1.807) is 22.9 Å². The maximum Gasteiger partial charge on any atom is 0.490 e. The Balaban J connectivity index is 0.801. The van der Waals surface area contributed by atoms with Gasteiger partial charge in [-0.2, -0.15) is 8.62 Å². The highest BCUT2D eigenvalue weighted by Gasteiger charge is 2.44. The number of aromatic nitrogens is 2. The summed E-state index contributed by atoms with van der Waals surface area (Å²) in [5, 5.41) is 14.6. The van der Waals surface area contributed by atoms with Crippen molar-refractivity contribution in [3.05, 3.63) is 109 Å². The van der Waals surface area contributed by atoms with Crippen LogP contribution in [0.25, 0.3) is 33.4 Å². The first-order valence-electron chi connectivity index (χ1n) is 31.7. The van der Waals surface area contributed by atoms with Gasteiger partial charge < -0.3 is 67.6 Å². The fourth-order valence-electron chi connectivity index (χ4n) is 9.77. The minimum absolute atomic E-state index is 0.00117. The second kappa shape index (κ2) is 40.0. The number of aryl methyl sites for hydroxylation is 2. The normalized spacial score (nSPS) is 16.7. The van der Waals surface area contributed by atoms with Gasteiger partial charge in [0.05, 0.1) is 69.0 Å². The van der Waals surface area contributed by atoms with Crippen LogP contribution in [-0.2, 0) is 91.9 Å². The minimum Gasteiger partial charge on any atom is -0.478 e. The summed E-state index contributed by atoms with van der Waals surface area (Å²) in [5.74, 6) is 5.07. The van der Waals surface area contributed by atoms with Crippen LogP contribution in [0.3, 0.4) is 0 Å². The number of carbonyl (C=O) groups excluding carboxylic acids is 3. The molecule has 1 fully saturated rings. The molecular formula is C63H85N4O25P3S4. The molecule has 0 radical (unpaired) electrons. The summed E-state index contributed by atoms with van der Waals surface area (Å²) in [6.07, 6.45) is 1.06. The third-order valence-electron chi connectivity index (χ3n) is 14.5. The number of fused-ring (bicyclic) bond motifs is 2.